The SMILES string of the molecule is CC(C)c1cc(SC(C)(C)Sc2cc(C(C)C)c(O)c(C(C)(C)C)c2)cc(C(C)(C)C)c1O. The largest absolute Gasteiger partial charge is 0.507 e. The first kappa shape index (κ1) is 28.0. The monoisotopic (exact) mass is 488 g/mol. The molecule has 0 amide bonds. The number of phenolic OH excluding ortho intramolecular Hbond substituents is 2. The Hall–Kier alpha value is -1.26. The van der Waals surface area contributed by atoms with Crippen molar-refractivity contribution in [2.75, 3.05) is 0 Å². The van der Waals surface area contributed by atoms with Crippen LogP contribution in [0.3, 0.4) is 0 Å². The third kappa shape index (κ3) is 6.88. The molecule has 2 N–H and O–H groups in total. The van der Waals surface area contributed by atoms with Crippen LogP contribution >= 0.6 is 23.5 Å². The average molecular weight is 489 g/mol. The van der Waals surface area contributed by atoms with Gasteiger partial charge in [-0.25, -0.2) is 0 Å². The fourth-order valence-corrected chi connectivity index (χ4v) is 6.59. The molecule has 0 unspecified atom stereocenters. The summed E-state index contributed by atoms with van der Waals surface area (Å²) in [5.41, 5.74) is 3.75. The summed E-state index contributed by atoms with van der Waals surface area (Å²) in [4.78, 5) is 2.36. The summed E-state index contributed by atoms with van der Waals surface area (Å²) in [5, 5.41) is 21.9. The highest BCUT2D eigenvalue weighted by Crippen LogP contribution is 2.50. The number of hydrogen-bond acceptors (Lipinski definition) is 4. The molecule has 4 heteroatoms. The maximum absolute atomic E-state index is 10.9. The highest BCUT2D eigenvalue weighted by atomic mass is 32.2. The first-order valence-corrected chi connectivity index (χ1v) is 13.6. The smallest absolute Gasteiger partial charge is 0.122 e. The maximum atomic E-state index is 10.9. The van der Waals surface area contributed by atoms with E-state index in [1.165, 1.54) is 9.79 Å². The van der Waals surface area contributed by atoms with Crippen molar-refractivity contribution in [3.8, 4) is 11.5 Å². The van der Waals surface area contributed by atoms with Crippen LogP contribution in [0.5, 0.6) is 11.5 Å². The van der Waals surface area contributed by atoms with Gasteiger partial charge in [-0.2, -0.15) is 0 Å². The van der Waals surface area contributed by atoms with Gasteiger partial charge in [-0.05, 0) is 71.9 Å². The fraction of sp³-hybridized carbons (Fsp3) is 0.586. The van der Waals surface area contributed by atoms with E-state index in [9.17, 15) is 10.2 Å². The van der Waals surface area contributed by atoms with Gasteiger partial charge < -0.3 is 10.2 Å². The summed E-state index contributed by atoms with van der Waals surface area (Å²) in [7, 11) is 0. The molecule has 0 saturated carbocycles. The standard InChI is InChI=1S/C29H44O2S2/c1-17(2)21-13-19(15-23(25(21)30)27(5,6)7)32-29(11,12)33-20-14-22(18(3)4)26(31)24(16-20)28(8,9)10/h13-18,30-31H,1-12H3. The molecule has 0 saturated heterocycles. The van der Waals surface area contributed by atoms with Crippen molar-refractivity contribution in [3.63, 3.8) is 0 Å². The molecule has 0 heterocycles. The van der Waals surface area contributed by atoms with Crippen LogP contribution in [0.25, 0.3) is 0 Å². The average Bonchev–Trinajstić information content (AvgIpc) is 2.61. The van der Waals surface area contributed by atoms with E-state index in [0.717, 1.165) is 22.3 Å². The molecule has 0 aliphatic carbocycles. The van der Waals surface area contributed by atoms with Crippen LogP contribution in [0.15, 0.2) is 34.1 Å². The summed E-state index contributed by atoms with van der Waals surface area (Å²) < 4.78 is -0.138. The fourth-order valence-electron chi connectivity index (χ4n) is 3.99. The van der Waals surface area contributed by atoms with Crippen LogP contribution in [-0.2, 0) is 10.8 Å². The molecule has 33 heavy (non-hydrogen) atoms. The van der Waals surface area contributed by atoms with Crippen molar-refractivity contribution >= 4 is 23.5 Å². The Kier molecular flexibility index (Phi) is 8.29. The molecule has 0 spiro atoms. The van der Waals surface area contributed by atoms with Gasteiger partial charge in [-0.1, -0.05) is 69.2 Å². The van der Waals surface area contributed by atoms with E-state index in [0.29, 0.717) is 11.5 Å². The first-order valence-electron chi connectivity index (χ1n) is 12.0. The quantitative estimate of drug-likeness (QED) is 0.314. The van der Waals surface area contributed by atoms with Crippen LogP contribution in [0.2, 0.25) is 0 Å². The van der Waals surface area contributed by atoms with Gasteiger partial charge in [-0.3, -0.25) is 0 Å². The summed E-state index contributed by atoms with van der Waals surface area (Å²) in [6.45, 7) is 25.9. The van der Waals surface area contributed by atoms with Crippen molar-refractivity contribution in [1.29, 1.82) is 0 Å². The molecule has 0 aliphatic heterocycles. The van der Waals surface area contributed by atoms with Crippen molar-refractivity contribution in [3.05, 3.63) is 46.5 Å². The number of aromatic hydroxyl groups is 2. The molecule has 2 aromatic carbocycles. The second kappa shape index (κ2) is 9.77. The van der Waals surface area contributed by atoms with E-state index in [-0.39, 0.29) is 26.7 Å². The Bertz CT molecular complexity index is 911. The molecule has 0 radical (unpaired) electrons. The summed E-state index contributed by atoms with van der Waals surface area (Å²) in [5.74, 6) is 1.37. The highest BCUT2D eigenvalue weighted by Gasteiger charge is 2.28. The zero-order valence-corrected chi connectivity index (χ0v) is 24.3. The van der Waals surface area contributed by atoms with Gasteiger partial charge in [0.25, 0.3) is 0 Å². The summed E-state index contributed by atoms with van der Waals surface area (Å²) in [6, 6.07) is 8.62. The normalized spacial score (nSPS) is 13.3. The molecule has 2 nitrogen and oxygen atoms in total. The van der Waals surface area contributed by atoms with E-state index in [2.05, 4.69) is 107 Å². The van der Waals surface area contributed by atoms with E-state index < -0.39 is 0 Å². The molecule has 0 aliphatic rings. The summed E-state index contributed by atoms with van der Waals surface area (Å²) in [6.07, 6.45) is 0. The lowest BCUT2D eigenvalue weighted by atomic mass is 9.84. The van der Waals surface area contributed by atoms with Gasteiger partial charge in [0.15, 0.2) is 0 Å². The third-order valence-electron chi connectivity index (χ3n) is 5.81. The lowest BCUT2D eigenvalue weighted by molar-refractivity contribution is 0.435. The molecular formula is C29H44O2S2. The second-order valence-corrected chi connectivity index (χ2v) is 15.9. The van der Waals surface area contributed by atoms with Crippen LogP contribution in [0.1, 0.15) is 117 Å². The van der Waals surface area contributed by atoms with Gasteiger partial charge in [0.1, 0.15) is 11.5 Å². The van der Waals surface area contributed by atoms with Crippen LogP contribution < -0.4 is 0 Å². The van der Waals surface area contributed by atoms with Crippen molar-refractivity contribution in [2.45, 2.75) is 120 Å². The van der Waals surface area contributed by atoms with Crippen molar-refractivity contribution < 1.29 is 10.2 Å². The number of phenols is 2. The summed E-state index contributed by atoms with van der Waals surface area (Å²) >= 11 is 3.66. The molecular weight excluding hydrogens is 444 g/mol. The Morgan fingerprint density at radius 2 is 0.879 bits per heavy atom. The lowest BCUT2D eigenvalue weighted by Gasteiger charge is -2.29. The molecule has 0 fully saturated rings. The lowest BCUT2D eigenvalue weighted by Crippen LogP contribution is -2.15. The molecule has 2 rings (SSSR count). The Labute approximate surface area is 211 Å². The van der Waals surface area contributed by atoms with Crippen molar-refractivity contribution in [1.82, 2.24) is 0 Å². The molecule has 0 bridgehead atoms. The van der Waals surface area contributed by atoms with Gasteiger partial charge >= 0.3 is 0 Å². The van der Waals surface area contributed by atoms with Gasteiger partial charge in [0, 0.05) is 20.9 Å². The second-order valence-electron chi connectivity index (χ2n) is 12.2. The zero-order valence-electron chi connectivity index (χ0n) is 22.7. The molecule has 184 valence electrons. The van der Waals surface area contributed by atoms with Gasteiger partial charge in [-0.15, -0.1) is 23.5 Å². The number of rotatable bonds is 6. The van der Waals surface area contributed by atoms with E-state index in [1.807, 2.05) is 23.5 Å². The molecule has 2 aromatic rings. The van der Waals surface area contributed by atoms with E-state index >= 15 is 0 Å². The van der Waals surface area contributed by atoms with Gasteiger partial charge in [0.05, 0.1) is 4.08 Å². The highest BCUT2D eigenvalue weighted by molar-refractivity contribution is 8.18. The third-order valence-corrected chi connectivity index (χ3v) is 8.24. The predicted octanol–water partition coefficient (Wildman–Crippen LogP) is 9.56. The molecule has 0 atom stereocenters. The minimum absolute atomic E-state index is 0.133. The van der Waals surface area contributed by atoms with Gasteiger partial charge in [0.2, 0.25) is 0 Å². The topological polar surface area (TPSA) is 40.5 Å². The number of hydrogen-bond donors (Lipinski definition) is 2. The molecule has 0 aromatic heterocycles. The predicted molar refractivity (Wildman–Crippen MR) is 148 cm³/mol. The number of thioether (sulfide) groups is 2. The minimum Gasteiger partial charge on any atom is -0.507 e. The van der Waals surface area contributed by atoms with Crippen molar-refractivity contribution in [2.24, 2.45) is 0 Å². The van der Waals surface area contributed by atoms with Crippen LogP contribution in [0.4, 0.5) is 0 Å². The van der Waals surface area contributed by atoms with Crippen LogP contribution in [-0.4, -0.2) is 14.3 Å². The zero-order chi connectivity index (χ0) is 25.5. The number of benzene rings is 2. The maximum Gasteiger partial charge on any atom is 0.122 e. The van der Waals surface area contributed by atoms with E-state index in [4.69, 9.17) is 0 Å². The van der Waals surface area contributed by atoms with Crippen LogP contribution in [0, 0.1) is 0 Å². The Morgan fingerprint density at radius 3 is 1.12 bits per heavy atom. The first-order chi connectivity index (χ1) is 14.8. The minimum atomic E-state index is -0.138. The Morgan fingerprint density at radius 1 is 0.576 bits per heavy atom. The van der Waals surface area contributed by atoms with E-state index in [1.54, 1.807) is 0 Å². The Balaban J connectivity index is 2.49.